The third kappa shape index (κ3) is 3.18. The Hall–Kier alpha value is -0.620. The van der Waals surface area contributed by atoms with E-state index in [0.717, 1.165) is 0 Å². The number of hydrogen-bond acceptors (Lipinski definition) is 4. The van der Waals surface area contributed by atoms with Gasteiger partial charge in [-0.3, -0.25) is 0 Å². The second-order valence-electron chi connectivity index (χ2n) is 3.54. The zero-order valence-electron chi connectivity index (χ0n) is 8.67. The van der Waals surface area contributed by atoms with Gasteiger partial charge in [-0.1, -0.05) is 22.0 Å². The first-order chi connectivity index (χ1) is 7.60. The first kappa shape index (κ1) is 13.4. The molecule has 0 amide bonds. The van der Waals surface area contributed by atoms with Gasteiger partial charge in [0.1, 0.15) is 11.9 Å². The van der Waals surface area contributed by atoms with Crippen LogP contribution in [-0.4, -0.2) is 31.9 Å². The number of hydrogen-bond donors (Lipinski definition) is 4. The van der Waals surface area contributed by atoms with E-state index in [2.05, 4.69) is 15.9 Å². The number of aromatic hydroxyl groups is 1. The molecular formula is C11H15BrO4. The van der Waals surface area contributed by atoms with E-state index in [0.29, 0.717) is 22.9 Å². The summed E-state index contributed by atoms with van der Waals surface area (Å²) >= 11 is 3.18. The fourth-order valence-electron chi connectivity index (χ4n) is 1.41. The molecule has 0 saturated carbocycles. The molecule has 1 aromatic carbocycles. The van der Waals surface area contributed by atoms with Gasteiger partial charge in [0.25, 0.3) is 0 Å². The maximum Gasteiger partial charge on any atom is 0.121 e. The summed E-state index contributed by atoms with van der Waals surface area (Å²) in [6.45, 7) is -0.305. The minimum Gasteiger partial charge on any atom is -0.508 e. The van der Waals surface area contributed by atoms with Gasteiger partial charge < -0.3 is 20.4 Å². The van der Waals surface area contributed by atoms with Gasteiger partial charge >= 0.3 is 0 Å². The van der Waals surface area contributed by atoms with Gasteiger partial charge in [-0.05, 0) is 24.1 Å². The van der Waals surface area contributed by atoms with Crippen molar-refractivity contribution in [2.45, 2.75) is 25.2 Å². The molecule has 4 N–H and O–H groups in total. The van der Waals surface area contributed by atoms with Crippen LogP contribution in [0.2, 0.25) is 0 Å². The van der Waals surface area contributed by atoms with Gasteiger partial charge in [0.05, 0.1) is 12.7 Å². The van der Waals surface area contributed by atoms with Crippen LogP contribution in [0.5, 0.6) is 5.75 Å². The van der Waals surface area contributed by atoms with Gasteiger partial charge in [0, 0.05) is 10.9 Å². The van der Waals surface area contributed by atoms with Crippen molar-refractivity contribution in [2.24, 2.45) is 0 Å². The molecule has 0 saturated heterocycles. The second kappa shape index (κ2) is 6.20. The van der Waals surface area contributed by atoms with Crippen molar-refractivity contribution in [3.8, 4) is 5.75 Å². The lowest BCUT2D eigenvalue weighted by molar-refractivity contribution is 0.0172. The molecule has 0 spiro atoms. The molecule has 0 radical (unpaired) electrons. The van der Waals surface area contributed by atoms with Crippen LogP contribution in [0.25, 0.3) is 0 Å². The zero-order valence-corrected chi connectivity index (χ0v) is 10.3. The molecule has 16 heavy (non-hydrogen) atoms. The Kier molecular flexibility index (Phi) is 5.21. The van der Waals surface area contributed by atoms with Gasteiger partial charge in [-0.25, -0.2) is 0 Å². The highest BCUT2D eigenvalue weighted by Crippen LogP contribution is 2.25. The largest absolute Gasteiger partial charge is 0.508 e. The predicted molar refractivity (Wildman–Crippen MR) is 63.4 cm³/mol. The third-order valence-electron chi connectivity index (χ3n) is 2.38. The molecule has 4 nitrogen and oxygen atoms in total. The number of alkyl halides is 1. The van der Waals surface area contributed by atoms with Crippen LogP contribution in [0.3, 0.4) is 0 Å². The lowest BCUT2D eigenvalue weighted by Gasteiger charge is -2.18. The zero-order chi connectivity index (χ0) is 12.1. The van der Waals surface area contributed by atoms with Gasteiger partial charge in [-0.15, -0.1) is 0 Å². The standard InChI is InChI=1S/C11H15BrO4/c12-4-3-10(15)11(16)7-1-2-9(14)8(5-7)6-13/h1-2,5,10-11,13-16H,3-4,6H2. The second-order valence-corrected chi connectivity index (χ2v) is 4.33. The highest BCUT2D eigenvalue weighted by molar-refractivity contribution is 9.09. The highest BCUT2D eigenvalue weighted by atomic mass is 79.9. The quantitative estimate of drug-likeness (QED) is 0.612. The lowest BCUT2D eigenvalue weighted by atomic mass is 10.0. The van der Waals surface area contributed by atoms with Crippen LogP contribution < -0.4 is 0 Å². The third-order valence-corrected chi connectivity index (χ3v) is 2.84. The number of aliphatic hydroxyl groups excluding tert-OH is 3. The Morgan fingerprint density at radius 3 is 2.50 bits per heavy atom. The Morgan fingerprint density at radius 2 is 1.94 bits per heavy atom. The topological polar surface area (TPSA) is 80.9 Å². The Morgan fingerprint density at radius 1 is 1.25 bits per heavy atom. The van der Waals surface area contributed by atoms with E-state index in [9.17, 15) is 15.3 Å². The molecular weight excluding hydrogens is 276 g/mol. The number of rotatable bonds is 5. The Balaban J connectivity index is 2.87. The lowest BCUT2D eigenvalue weighted by Crippen LogP contribution is -2.18. The molecule has 90 valence electrons. The van der Waals surface area contributed by atoms with Crippen molar-refractivity contribution < 1.29 is 20.4 Å². The summed E-state index contributed by atoms with van der Waals surface area (Å²) in [5.74, 6) is -0.0200. The maximum atomic E-state index is 9.80. The Bertz CT molecular complexity index is 343. The van der Waals surface area contributed by atoms with Crippen molar-refractivity contribution in [3.63, 3.8) is 0 Å². The summed E-state index contributed by atoms with van der Waals surface area (Å²) in [7, 11) is 0. The summed E-state index contributed by atoms with van der Waals surface area (Å²) in [5, 5.41) is 38.3. The minimum absolute atomic E-state index is 0.0200. The van der Waals surface area contributed by atoms with E-state index in [-0.39, 0.29) is 12.4 Å². The summed E-state index contributed by atoms with van der Waals surface area (Å²) in [6.07, 6.45) is -1.45. The number of aliphatic hydroxyl groups is 3. The molecule has 0 aromatic heterocycles. The molecule has 0 fully saturated rings. The smallest absolute Gasteiger partial charge is 0.121 e. The summed E-state index contributed by atoms with van der Waals surface area (Å²) < 4.78 is 0. The fraction of sp³-hybridized carbons (Fsp3) is 0.455. The van der Waals surface area contributed by atoms with Crippen LogP contribution in [0.4, 0.5) is 0 Å². The average molecular weight is 291 g/mol. The van der Waals surface area contributed by atoms with Crippen LogP contribution in [0.1, 0.15) is 23.7 Å². The minimum atomic E-state index is -1.01. The molecule has 0 aliphatic heterocycles. The van der Waals surface area contributed by atoms with Crippen molar-refractivity contribution in [3.05, 3.63) is 29.3 Å². The van der Waals surface area contributed by atoms with Crippen LogP contribution in [0, 0.1) is 0 Å². The van der Waals surface area contributed by atoms with E-state index in [1.54, 1.807) is 0 Å². The van der Waals surface area contributed by atoms with Crippen molar-refractivity contribution in [2.75, 3.05) is 5.33 Å². The van der Waals surface area contributed by atoms with Crippen LogP contribution in [-0.2, 0) is 6.61 Å². The maximum absolute atomic E-state index is 9.80. The Labute approximate surface area is 102 Å². The molecule has 0 aliphatic carbocycles. The van der Waals surface area contributed by atoms with Gasteiger partial charge in [-0.2, -0.15) is 0 Å². The van der Waals surface area contributed by atoms with E-state index in [1.807, 2.05) is 0 Å². The monoisotopic (exact) mass is 290 g/mol. The molecule has 0 bridgehead atoms. The van der Waals surface area contributed by atoms with Gasteiger partial charge in [0.2, 0.25) is 0 Å². The fourth-order valence-corrected chi connectivity index (χ4v) is 1.88. The van der Waals surface area contributed by atoms with Crippen LogP contribution in [0.15, 0.2) is 18.2 Å². The van der Waals surface area contributed by atoms with Crippen molar-refractivity contribution >= 4 is 15.9 Å². The molecule has 0 aliphatic rings. The first-order valence-corrected chi connectivity index (χ1v) is 6.07. The molecule has 5 heteroatoms. The molecule has 1 rings (SSSR count). The summed E-state index contributed by atoms with van der Waals surface area (Å²) in [6, 6.07) is 4.40. The SMILES string of the molecule is OCc1cc(C(O)C(O)CCBr)ccc1O. The first-order valence-electron chi connectivity index (χ1n) is 4.95. The predicted octanol–water partition coefficient (Wildman–Crippen LogP) is 1.06. The van der Waals surface area contributed by atoms with E-state index in [1.165, 1.54) is 18.2 Å². The van der Waals surface area contributed by atoms with E-state index >= 15 is 0 Å². The van der Waals surface area contributed by atoms with Crippen molar-refractivity contribution in [1.82, 2.24) is 0 Å². The highest BCUT2D eigenvalue weighted by Gasteiger charge is 2.18. The normalized spacial score (nSPS) is 14.8. The number of phenols is 1. The van der Waals surface area contributed by atoms with Gasteiger partial charge in [0.15, 0.2) is 0 Å². The van der Waals surface area contributed by atoms with Crippen molar-refractivity contribution in [1.29, 1.82) is 0 Å². The molecule has 1 aromatic rings. The average Bonchev–Trinajstić information content (AvgIpc) is 2.29. The van der Waals surface area contributed by atoms with Crippen LogP contribution >= 0.6 is 15.9 Å². The molecule has 2 atom stereocenters. The molecule has 2 unspecified atom stereocenters. The number of halogens is 1. The van der Waals surface area contributed by atoms with E-state index < -0.39 is 12.2 Å². The summed E-state index contributed by atoms with van der Waals surface area (Å²) in [5.41, 5.74) is 0.817. The van der Waals surface area contributed by atoms with E-state index in [4.69, 9.17) is 5.11 Å². The summed E-state index contributed by atoms with van der Waals surface area (Å²) in [4.78, 5) is 0. The number of benzene rings is 1. The molecule has 0 heterocycles.